The maximum Gasteiger partial charge on any atom is 0.270 e. The molecule has 7 nitrogen and oxygen atoms in total. The van der Waals surface area contributed by atoms with Gasteiger partial charge in [-0.15, -0.1) is 6.42 Å². The topological polar surface area (TPSA) is 83.0 Å². The first-order chi connectivity index (χ1) is 16.2. The molecule has 0 radical (unpaired) electrons. The van der Waals surface area contributed by atoms with E-state index >= 15 is 0 Å². The van der Waals surface area contributed by atoms with E-state index in [-0.39, 0.29) is 18.1 Å². The van der Waals surface area contributed by atoms with E-state index in [0.29, 0.717) is 43.0 Å². The van der Waals surface area contributed by atoms with Crippen LogP contribution < -0.4 is 5.32 Å². The van der Waals surface area contributed by atoms with Gasteiger partial charge in [0.05, 0.1) is 29.5 Å². The SMILES string of the molecule is C#CCn1c(C)nc(C)c1-c1ccc(C(=O)N2CC[C@H](C(=O)Nc3cc(F)c(F)c(F)c3)C2)[nH]1. The smallest absolute Gasteiger partial charge is 0.270 e. The van der Waals surface area contributed by atoms with Crippen LogP contribution in [0.15, 0.2) is 24.3 Å². The van der Waals surface area contributed by atoms with Gasteiger partial charge in [0.2, 0.25) is 5.91 Å². The van der Waals surface area contributed by atoms with Gasteiger partial charge in [0.1, 0.15) is 11.5 Å². The maximum absolute atomic E-state index is 13.4. The number of amides is 2. The molecule has 1 fully saturated rings. The van der Waals surface area contributed by atoms with Crippen LogP contribution >= 0.6 is 0 Å². The lowest BCUT2D eigenvalue weighted by atomic mass is 10.1. The Bertz CT molecular complexity index is 1300. The van der Waals surface area contributed by atoms with Gasteiger partial charge in [-0.25, -0.2) is 18.2 Å². The van der Waals surface area contributed by atoms with Gasteiger partial charge in [-0.05, 0) is 32.4 Å². The molecule has 0 bridgehead atoms. The number of H-pyrrole nitrogens is 1. The third kappa shape index (κ3) is 4.29. The molecule has 34 heavy (non-hydrogen) atoms. The molecular weight excluding hydrogens is 447 g/mol. The zero-order valence-electron chi connectivity index (χ0n) is 18.6. The summed E-state index contributed by atoms with van der Waals surface area (Å²) in [7, 11) is 0. The van der Waals surface area contributed by atoms with Crippen molar-refractivity contribution in [1.82, 2.24) is 19.4 Å². The number of anilines is 1. The highest BCUT2D eigenvalue weighted by Crippen LogP contribution is 2.26. The molecule has 1 atom stereocenters. The molecule has 0 spiro atoms. The number of halogens is 3. The van der Waals surface area contributed by atoms with E-state index in [9.17, 15) is 22.8 Å². The lowest BCUT2D eigenvalue weighted by Gasteiger charge is -2.16. The monoisotopic (exact) mass is 469 g/mol. The molecule has 1 saturated heterocycles. The minimum atomic E-state index is -1.60. The second kappa shape index (κ2) is 9.09. The molecule has 0 saturated carbocycles. The number of rotatable bonds is 5. The summed E-state index contributed by atoms with van der Waals surface area (Å²) < 4.78 is 41.8. The summed E-state index contributed by atoms with van der Waals surface area (Å²) in [4.78, 5) is 34.7. The Labute approximate surface area is 194 Å². The van der Waals surface area contributed by atoms with Crippen LogP contribution in [0.4, 0.5) is 18.9 Å². The van der Waals surface area contributed by atoms with Gasteiger partial charge in [-0.1, -0.05) is 5.92 Å². The van der Waals surface area contributed by atoms with Crippen LogP contribution in [0.25, 0.3) is 11.4 Å². The van der Waals surface area contributed by atoms with Crippen molar-refractivity contribution in [1.29, 1.82) is 0 Å². The number of carbonyl (C=O) groups is 2. The largest absolute Gasteiger partial charge is 0.349 e. The molecule has 1 aliphatic rings. The number of nitrogens with zero attached hydrogens (tertiary/aromatic N) is 3. The number of hydrogen-bond acceptors (Lipinski definition) is 3. The van der Waals surface area contributed by atoms with Crippen molar-refractivity contribution in [2.75, 3.05) is 18.4 Å². The molecule has 0 aliphatic carbocycles. The molecule has 0 unspecified atom stereocenters. The predicted octanol–water partition coefficient (Wildman–Crippen LogP) is 3.65. The Hall–Kier alpha value is -4.00. The standard InChI is InChI=1S/C24H22F3N5O2/c1-4-8-32-14(3)28-13(2)22(32)19-5-6-20(30-19)24(34)31-9-7-15(12-31)23(33)29-16-10-17(25)21(27)18(26)11-16/h1,5-6,10-11,15,30H,7-9,12H2,2-3H3,(H,29,33)/t15-/m0/s1. The van der Waals surface area contributed by atoms with Gasteiger partial charge in [-0.3, -0.25) is 9.59 Å². The Morgan fingerprint density at radius 2 is 1.94 bits per heavy atom. The Morgan fingerprint density at radius 1 is 1.24 bits per heavy atom. The van der Waals surface area contributed by atoms with Gasteiger partial charge in [-0.2, -0.15) is 0 Å². The fourth-order valence-electron chi connectivity index (χ4n) is 4.20. The number of terminal acetylenes is 1. The number of hydrogen-bond donors (Lipinski definition) is 2. The highest BCUT2D eigenvalue weighted by Gasteiger charge is 2.32. The quantitative estimate of drug-likeness (QED) is 0.442. The highest BCUT2D eigenvalue weighted by molar-refractivity contribution is 5.96. The van der Waals surface area contributed by atoms with Crippen molar-refractivity contribution in [3.8, 4) is 23.7 Å². The molecular formula is C24H22F3N5O2. The van der Waals surface area contributed by atoms with Crippen LogP contribution in [0.2, 0.25) is 0 Å². The van der Waals surface area contributed by atoms with Crippen LogP contribution in [0, 0.1) is 49.6 Å². The van der Waals surface area contributed by atoms with E-state index in [2.05, 4.69) is 21.2 Å². The lowest BCUT2D eigenvalue weighted by molar-refractivity contribution is -0.119. The Balaban J connectivity index is 1.45. The van der Waals surface area contributed by atoms with Crippen LogP contribution in [0.5, 0.6) is 0 Å². The van der Waals surface area contributed by atoms with E-state index in [1.165, 1.54) is 4.90 Å². The second-order valence-corrected chi connectivity index (χ2v) is 8.15. The van der Waals surface area contributed by atoms with Crippen LogP contribution in [-0.2, 0) is 11.3 Å². The number of carbonyl (C=O) groups excluding carboxylic acids is 2. The number of likely N-dealkylation sites (tertiary alicyclic amines) is 1. The third-order valence-corrected chi connectivity index (χ3v) is 5.85. The van der Waals surface area contributed by atoms with Crippen LogP contribution in [-0.4, -0.2) is 44.3 Å². The lowest BCUT2D eigenvalue weighted by Crippen LogP contribution is -2.31. The molecule has 3 aromatic rings. The summed E-state index contributed by atoms with van der Waals surface area (Å²) >= 11 is 0. The summed E-state index contributed by atoms with van der Waals surface area (Å²) in [5.74, 6) is -2.38. The summed E-state index contributed by atoms with van der Waals surface area (Å²) in [6.45, 7) is 4.53. The minimum Gasteiger partial charge on any atom is -0.349 e. The molecule has 4 rings (SSSR count). The second-order valence-electron chi connectivity index (χ2n) is 8.15. The number of imidazole rings is 1. The molecule has 2 aromatic heterocycles. The normalized spacial score (nSPS) is 15.4. The number of aryl methyl sites for hydroxylation is 2. The first-order valence-corrected chi connectivity index (χ1v) is 10.6. The maximum atomic E-state index is 13.4. The van der Waals surface area contributed by atoms with Crippen molar-refractivity contribution in [3.05, 3.63) is 58.9 Å². The molecule has 2 N–H and O–H groups in total. The van der Waals surface area contributed by atoms with Gasteiger partial charge < -0.3 is 19.8 Å². The van der Waals surface area contributed by atoms with Crippen LogP contribution in [0.1, 0.15) is 28.4 Å². The van der Waals surface area contributed by atoms with Crippen molar-refractivity contribution >= 4 is 17.5 Å². The number of benzene rings is 1. The van der Waals surface area contributed by atoms with Crippen molar-refractivity contribution < 1.29 is 22.8 Å². The summed E-state index contributed by atoms with van der Waals surface area (Å²) in [6.07, 6.45) is 5.85. The van der Waals surface area contributed by atoms with Gasteiger partial charge in [0.15, 0.2) is 17.5 Å². The molecule has 10 heteroatoms. The number of aromatic amines is 1. The zero-order valence-corrected chi connectivity index (χ0v) is 18.6. The number of nitrogens with one attached hydrogen (secondary N) is 2. The van der Waals surface area contributed by atoms with Crippen molar-refractivity contribution in [2.24, 2.45) is 5.92 Å². The van der Waals surface area contributed by atoms with Crippen molar-refractivity contribution in [3.63, 3.8) is 0 Å². The third-order valence-electron chi connectivity index (χ3n) is 5.85. The van der Waals surface area contributed by atoms with Crippen molar-refractivity contribution in [2.45, 2.75) is 26.8 Å². The average molecular weight is 469 g/mol. The molecule has 1 aliphatic heterocycles. The molecule has 3 heterocycles. The van der Waals surface area contributed by atoms with E-state index in [1.807, 2.05) is 18.4 Å². The highest BCUT2D eigenvalue weighted by atomic mass is 19.2. The Morgan fingerprint density at radius 3 is 2.62 bits per heavy atom. The van der Waals surface area contributed by atoms with Gasteiger partial charge >= 0.3 is 0 Å². The average Bonchev–Trinajstić information content (AvgIpc) is 3.51. The first-order valence-electron chi connectivity index (χ1n) is 10.6. The fourth-order valence-corrected chi connectivity index (χ4v) is 4.20. The Kier molecular flexibility index (Phi) is 6.20. The van der Waals surface area contributed by atoms with Gasteiger partial charge in [0, 0.05) is 30.9 Å². The first kappa shape index (κ1) is 23.2. The zero-order chi connectivity index (χ0) is 24.6. The van der Waals surface area contributed by atoms with E-state index in [4.69, 9.17) is 6.42 Å². The summed E-state index contributed by atoms with van der Waals surface area (Å²) in [5, 5.41) is 2.39. The molecule has 1 aromatic carbocycles. The van der Waals surface area contributed by atoms with Crippen LogP contribution in [0.3, 0.4) is 0 Å². The fraction of sp³-hybridized carbons (Fsp3) is 0.292. The summed E-state index contributed by atoms with van der Waals surface area (Å²) in [5.41, 5.74) is 2.44. The number of aromatic nitrogens is 3. The van der Waals surface area contributed by atoms with E-state index in [0.717, 1.165) is 17.2 Å². The van der Waals surface area contributed by atoms with E-state index in [1.54, 1.807) is 12.1 Å². The van der Waals surface area contributed by atoms with Gasteiger partial charge in [0.25, 0.3) is 5.91 Å². The summed E-state index contributed by atoms with van der Waals surface area (Å²) in [6, 6.07) is 4.87. The van der Waals surface area contributed by atoms with E-state index < -0.39 is 29.3 Å². The predicted molar refractivity (Wildman–Crippen MR) is 119 cm³/mol. The minimum absolute atomic E-state index is 0.137. The molecule has 2 amide bonds. The molecule has 176 valence electrons.